The van der Waals surface area contributed by atoms with Gasteiger partial charge in [0, 0.05) is 6.54 Å². The highest BCUT2D eigenvalue weighted by Crippen LogP contribution is 2.23. The Morgan fingerprint density at radius 3 is 1.88 bits per heavy atom. The van der Waals surface area contributed by atoms with Crippen LogP contribution in [0.5, 0.6) is 0 Å². The number of carboxylic acids is 1. The molecule has 2 aromatic carbocycles. The standard InChI is InChI=1S/C19H23NO4S/c1-13(2)25(23,24)20-12-14(3)15-4-6-16(7-5-15)17-8-10-18(11-9-17)19(21)22/h4-11,13-14,20H,12H2,1-3H3,(H,21,22). The highest BCUT2D eigenvalue weighted by Gasteiger charge is 2.17. The van der Waals surface area contributed by atoms with E-state index in [-0.39, 0.29) is 11.5 Å². The van der Waals surface area contributed by atoms with Gasteiger partial charge in [0.1, 0.15) is 0 Å². The molecule has 0 aromatic heterocycles. The lowest BCUT2D eigenvalue weighted by Crippen LogP contribution is -2.33. The minimum atomic E-state index is -3.26. The Bertz CT molecular complexity index is 825. The van der Waals surface area contributed by atoms with E-state index in [1.165, 1.54) is 0 Å². The molecule has 0 bridgehead atoms. The monoisotopic (exact) mass is 361 g/mol. The van der Waals surface area contributed by atoms with E-state index in [1.807, 2.05) is 31.2 Å². The molecule has 2 N–H and O–H groups in total. The van der Waals surface area contributed by atoms with Crippen LogP contribution in [0.4, 0.5) is 0 Å². The SMILES string of the molecule is CC(CNS(=O)(=O)C(C)C)c1ccc(-c2ccc(C(=O)O)cc2)cc1. The summed E-state index contributed by atoms with van der Waals surface area (Å²) in [6, 6.07) is 14.6. The summed E-state index contributed by atoms with van der Waals surface area (Å²) >= 11 is 0. The Morgan fingerprint density at radius 1 is 0.960 bits per heavy atom. The van der Waals surface area contributed by atoms with Crippen molar-refractivity contribution in [2.45, 2.75) is 31.9 Å². The van der Waals surface area contributed by atoms with E-state index in [0.29, 0.717) is 6.54 Å². The average molecular weight is 361 g/mol. The molecule has 2 aromatic rings. The summed E-state index contributed by atoms with van der Waals surface area (Å²) < 4.78 is 26.3. The van der Waals surface area contributed by atoms with Crippen molar-refractivity contribution in [2.75, 3.05) is 6.54 Å². The largest absolute Gasteiger partial charge is 0.478 e. The summed E-state index contributed by atoms with van der Waals surface area (Å²) in [7, 11) is -3.26. The van der Waals surface area contributed by atoms with Crippen LogP contribution >= 0.6 is 0 Å². The Balaban J connectivity index is 2.07. The summed E-state index contributed by atoms with van der Waals surface area (Å²) in [5.74, 6) is -0.892. The maximum Gasteiger partial charge on any atom is 0.335 e. The second-order valence-corrected chi connectivity index (χ2v) is 8.67. The quantitative estimate of drug-likeness (QED) is 0.791. The van der Waals surface area contributed by atoms with Gasteiger partial charge in [-0.1, -0.05) is 43.3 Å². The topological polar surface area (TPSA) is 83.5 Å². The maximum atomic E-state index is 11.8. The van der Waals surface area contributed by atoms with Gasteiger partial charge < -0.3 is 5.11 Å². The summed E-state index contributed by atoms with van der Waals surface area (Å²) in [6.07, 6.45) is 0. The number of rotatable bonds is 7. The van der Waals surface area contributed by atoms with Crippen molar-refractivity contribution in [3.8, 4) is 11.1 Å². The molecule has 0 aliphatic carbocycles. The lowest BCUT2D eigenvalue weighted by molar-refractivity contribution is 0.0697. The van der Waals surface area contributed by atoms with Crippen LogP contribution in [-0.4, -0.2) is 31.3 Å². The molecule has 0 saturated carbocycles. The smallest absolute Gasteiger partial charge is 0.335 e. The first-order chi connectivity index (χ1) is 11.7. The fraction of sp³-hybridized carbons (Fsp3) is 0.316. The number of carbonyl (C=O) groups is 1. The zero-order chi connectivity index (χ0) is 18.6. The van der Waals surface area contributed by atoms with Gasteiger partial charge in [-0.2, -0.15) is 0 Å². The van der Waals surface area contributed by atoms with Crippen LogP contribution in [0, 0.1) is 0 Å². The average Bonchev–Trinajstić information content (AvgIpc) is 2.60. The molecule has 0 radical (unpaired) electrons. The molecule has 2 rings (SSSR count). The van der Waals surface area contributed by atoms with Crippen molar-refractivity contribution in [3.63, 3.8) is 0 Å². The summed E-state index contributed by atoms with van der Waals surface area (Å²) in [5.41, 5.74) is 3.21. The third-order valence-electron chi connectivity index (χ3n) is 4.16. The molecular formula is C19H23NO4S. The first-order valence-corrected chi connectivity index (χ1v) is 9.67. The zero-order valence-electron chi connectivity index (χ0n) is 14.6. The van der Waals surface area contributed by atoms with Gasteiger partial charge in [-0.3, -0.25) is 0 Å². The molecule has 134 valence electrons. The van der Waals surface area contributed by atoms with Crippen molar-refractivity contribution in [2.24, 2.45) is 0 Å². The van der Waals surface area contributed by atoms with Crippen LogP contribution in [0.3, 0.4) is 0 Å². The maximum absolute atomic E-state index is 11.8. The molecule has 1 atom stereocenters. The molecule has 0 fully saturated rings. The van der Waals surface area contributed by atoms with Crippen LogP contribution < -0.4 is 4.72 Å². The number of nitrogens with one attached hydrogen (secondary N) is 1. The van der Waals surface area contributed by atoms with E-state index < -0.39 is 21.2 Å². The predicted octanol–water partition coefficient (Wildman–Crippen LogP) is 3.48. The molecule has 0 aliphatic rings. The lowest BCUT2D eigenvalue weighted by Gasteiger charge is -2.15. The van der Waals surface area contributed by atoms with Crippen LogP contribution in [0.15, 0.2) is 48.5 Å². The van der Waals surface area contributed by atoms with Gasteiger partial charge in [0.15, 0.2) is 0 Å². The Labute approximate surface area is 148 Å². The van der Waals surface area contributed by atoms with Crippen molar-refractivity contribution < 1.29 is 18.3 Å². The number of hydrogen-bond acceptors (Lipinski definition) is 3. The molecule has 5 nitrogen and oxygen atoms in total. The fourth-order valence-corrected chi connectivity index (χ4v) is 3.15. The third-order valence-corrected chi connectivity index (χ3v) is 5.97. The van der Waals surface area contributed by atoms with E-state index in [2.05, 4.69) is 4.72 Å². The lowest BCUT2D eigenvalue weighted by atomic mass is 9.97. The van der Waals surface area contributed by atoms with Crippen LogP contribution in [0.25, 0.3) is 11.1 Å². The van der Waals surface area contributed by atoms with Gasteiger partial charge >= 0.3 is 5.97 Å². The molecule has 0 spiro atoms. The summed E-state index contributed by atoms with van der Waals surface area (Å²) in [5, 5.41) is 8.49. The van der Waals surface area contributed by atoms with Crippen molar-refractivity contribution in [3.05, 3.63) is 59.7 Å². The Kier molecular flexibility index (Phi) is 5.98. The van der Waals surface area contributed by atoms with Gasteiger partial charge in [-0.25, -0.2) is 17.9 Å². The number of sulfonamides is 1. The Hall–Kier alpha value is -2.18. The van der Waals surface area contributed by atoms with Gasteiger partial charge in [0.25, 0.3) is 0 Å². The van der Waals surface area contributed by atoms with E-state index >= 15 is 0 Å². The molecule has 0 saturated heterocycles. The molecule has 0 amide bonds. The van der Waals surface area contributed by atoms with Crippen LogP contribution in [-0.2, 0) is 10.0 Å². The van der Waals surface area contributed by atoms with E-state index in [0.717, 1.165) is 16.7 Å². The van der Waals surface area contributed by atoms with Crippen LogP contribution in [0.1, 0.15) is 42.6 Å². The highest BCUT2D eigenvalue weighted by molar-refractivity contribution is 7.90. The van der Waals surface area contributed by atoms with Gasteiger partial charge in [-0.15, -0.1) is 0 Å². The highest BCUT2D eigenvalue weighted by atomic mass is 32.2. The molecule has 0 heterocycles. The second-order valence-electron chi connectivity index (χ2n) is 6.35. The molecule has 25 heavy (non-hydrogen) atoms. The molecule has 1 unspecified atom stereocenters. The molecule has 6 heteroatoms. The number of benzene rings is 2. The predicted molar refractivity (Wildman–Crippen MR) is 99.3 cm³/mol. The van der Waals surface area contributed by atoms with Gasteiger partial charge in [0.05, 0.1) is 10.8 Å². The molecule has 0 aliphatic heterocycles. The minimum Gasteiger partial charge on any atom is -0.478 e. The van der Waals surface area contributed by atoms with E-state index in [4.69, 9.17) is 5.11 Å². The normalized spacial score (nSPS) is 13.0. The van der Waals surface area contributed by atoms with Gasteiger partial charge in [-0.05, 0) is 48.6 Å². The summed E-state index contributed by atoms with van der Waals surface area (Å²) in [6.45, 7) is 5.63. The van der Waals surface area contributed by atoms with Gasteiger partial charge in [0.2, 0.25) is 10.0 Å². The summed E-state index contributed by atoms with van der Waals surface area (Å²) in [4.78, 5) is 10.9. The first-order valence-electron chi connectivity index (χ1n) is 8.13. The Morgan fingerprint density at radius 2 is 1.44 bits per heavy atom. The van der Waals surface area contributed by atoms with E-state index in [9.17, 15) is 13.2 Å². The van der Waals surface area contributed by atoms with Crippen molar-refractivity contribution >= 4 is 16.0 Å². The fourth-order valence-electron chi connectivity index (χ4n) is 2.34. The second kappa shape index (κ2) is 7.80. The van der Waals surface area contributed by atoms with Crippen molar-refractivity contribution in [1.29, 1.82) is 0 Å². The third kappa shape index (κ3) is 4.90. The number of hydrogen-bond donors (Lipinski definition) is 2. The number of carboxylic acid groups (broad SMARTS) is 1. The minimum absolute atomic E-state index is 0.0527. The van der Waals surface area contributed by atoms with Crippen LogP contribution in [0.2, 0.25) is 0 Å². The first kappa shape index (κ1) is 19.1. The molecular weight excluding hydrogens is 338 g/mol. The van der Waals surface area contributed by atoms with Crippen molar-refractivity contribution in [1.82, 2.24) is 4.72 Å². The zero-order valence-corrected chi connectivity index (χ0v) is 15.4. The van der Waals surface area contributed by atoms with E-state index in [1.54, 1.807) is 38.1 Å². The number of aromatic carboxylic acids is 1.